The number of halogens is 1. The predicted octanol–water partition coefficient (Wildman–Crippen LogP) is 3.82. The molecule has 1 spiro atoms. The number of hydrogen-bond acceptors (Lipinski definition) is 3. The number of rotatable bonds is 3. The molecular formula is C19H21FN2OS. The number of nitrogens with zero attached hydrogens (tertiary/aromatic N) is 2. The number of hydrogen-bond donors (Lipinski definition) is 0. The highest BCUT2D eigenvalue weighted by Gasteiger charge is 2.47. The standard InChI is InChI=1S/C19H21FN2OS/c1-14-5-6-17(24-14)11-21-8-7-19(12-21)10-18(23)22(13-19)16-4-2-3-15(20)9-16/h2-6,9H,7-8,10-13H2,1H3/t19-/m1/s1. The molecule has 2 aliphatic rings. The van der Waals surface area contributed by atoms with E-state index in [1.165, 1.54) is 21.9 Å². The Hall–Kier alpha value is -1.72. The Morgan fingerprint density at radius 2 is 2.12 bits per heavy atom. The highest BCUT2D eigenvalue weighted by molar-refractivity contribution is 7.11. The van der Waals surface area contributed by atoms with Crippen LogP contribution in [0.3, 0.4) is 0 Å². The van der Waals surface area contributed by atoms with E-state index in [4.69, 9.17) is 0 Å². The molecule has 3 nitrogen and oxygen atoms in total. The van der Waals surface area contributed by atoms with Crippen LogP contribution in [0.2, 0.25) is 0 Å². The van der Waals surface area contributed by atoms with Crippen molar-refractivity contribution in [3.63, 3.8) is 0 Å². The van der Waals surface area contributed by atoms with E-state index in [1.54, 1.807) is 11.0 Å². The van der Waals surface area contributed by atoms with Crippen LogP contribution in [0.4, 0.5) is 10.1 Å². The van der Waals surface area contributed by atoms with Crippen molar-refractivity contribution in [2.45, 2.75) is 26.3 Å². The molecule has 1 aromatic carbocycles. The van der Waals surface area contributed by atoms with Gasteiger partial charge in [-0.1, -0.05) is 6.07 Å². The lowest BCUT2D eigenvalue weighted by atomic mass is 9.86. The van der Waals surface area contributed by atoms with Gasteiger partial charge in [-0.15, -0.1) is 11.3 Å². The van der Waals surface area contributed by atoms with Crippen molar-refractivity contribution in [3.05, 3.63) is 52.0 Å². The third-order valence-electron chi connectivity index (χ3n) is 5.13. The number of carbonyl (C=O) groups is 1. The van der Waals surface area contributed by atoms with Crippen molar-refractivity contribution >= 4 is 22.9 Å². The van der Waals surface area contributed by atoms with Crippen LogP contribution in [-0.4, -0.2) is 30.4 Å². The Bertz CT molecular complexity index is 774. The van der Waals surface area contributed by atoms with Gasteiger partial charge in [0.2, 0.25) is 5.91 Å². The van der Waals surface area contributed by atoms with Crippen LogP contribution >= 0.6 is 11.3 Å². The molecule has 24 heavy (non-hydrogen) atoms. The number of likely N-dealkylation sites (tertiary alicyclic amines) is 1. The monoisotopic (exact) mass is 344 g/mol. The molecule has 0 radical (unpaired) electrons. The van der Waals surface area contributed by atoms with Gasteiger partial charge in [0.05, 0.1) is 0 Å². The Labute approximate surface area is 145 Å². The SMILES string of the molecule is Cc1ccc(CN2CC[C@@]3(CC(=O)N(c4cccc(F)c4)C3)C2)s1. The molecule has 1 atom stereocenters. The van der Waals surface area contributed by atoms with E-state index in [-0.39, 0.29) is 17.1 Å². The fourth-order valence-electron chi connectivity index (χ4n) is 4.00. The summed E-state index contributed by atoms with van der Waals surface area (Å²) in [6, 6.07) is 10.7. The normalized spacial score (nSPS) is 24.4. The van der Waals surface area contributed by atoms with Crippen molar-refractivity contribution in [3.8, 4) is 0 Å². The van der Waals surface area contributed by atoms with Crippen molar-refractivity contribution < 1.29 is 9.18 Å². The molecule has 0 N–H and O–H groups in total. The van der Waals surface area contributed by atoms with E-state index in [9.17, 15) is 9.18 Å². The molecule has 0 unspecified atom stereocenters. The third kappa shape index (κ3) is 2.98. The molecule has 4 rings (SSSR count). The van der Waals surface area contributed by atoms with Crippen LogP contribution in [-0.2, 0) is 11.3 Å². The molecule has 0 saturated carbocycles. The van der Waals surface area contributed by atoms with Crippen LogP contribution in [0, 0.1) is 18.2 Å². The van der Waals surface area contributed by atoms with E-state index in [1.807, 2.05) is 17.4 Å². The number of anilines is 1. The summed E-state index contributed by atoms with van der Waals surface area (Å²) in [6.07, 6.45) is 1.61. The summed E-state index contributed by atoms with van der Waals surface area (Å²) in [7, 11) is 0. The zero-order valence-electron chi connectivity index (χ0n) is 13.8. The highest BCUT2D eigenvalue weighted by atomic mass is 32.1. The molecule has 126 valence electrons. The van der Waals surface area contributed by atoms with Crippen molar-refractivity contribution in [1.29, 1.82) is 0 Å². The molecule has 1 amide bonds. The van der Waals surface area contributed by atoms with Crippen molar-refractivity contribution in [2.24, 2.45) is 5.41 Å². The van der Waals surface area contributed by atoms with Crippen LogP contribution in [0.25, 0.3) is 0 Å². The average molecular weight is 344 g/mol. The lowest BCUT2D eigenvalue weighted by Gasteiger charge is -2.24. The third-order valence-corrected chi connectivity index (χ3v) is 6.12. The predicted molar refractivity (Wildman–Crippen MR) is 94.8 cm³/mol. The van der Waals surface area contributed by atoms with Gasteiger partial charge in [-0.05, 0) is 50.2 Å². The van der Waals surface area contributed by atoms with E-state index in [0.717, 1.165) is 26.1 Å². The number of aryl methyl sites for hydroxylation is 1. The molecule has 2 aromatic rings. The van der Waals surface area contributed by atoms with E-state index < -0.39 is 0 Å². The van der Waals surface area contributed by atoms with Crippen LogP contribution in [0.5, 0.6) is 0 Å². The second kappa shape index (κ2) is 5.97. The van der Waals surface area contributed by atoms with Gasteiger partial charge in [0.25, 0.3) is 0 Å². The molecule has 1 aromatic heterocycles. The van der Waals surface area contributed by atoms with Gasteiger partial charge in [-0.2, -0.15) is 0 Å². The molecular weight excluding hydrogens is 323 g/mol. The zero-order valence-corrected chi connectivity index (χ0v) is 14.6. The molecule has 2 fully saturated rings. The first-order chi connectivity index (χ1) is 11.5. The number of thiophene rings is 1. The molecule has 3 heterocycles. The maximum atomic E-state index is 13.5. The minimum atomic E-state index is -0.289. The van der Waals surface area contributed by atoms with Gasteiger partial charge in [0.15, 0.2) is 0 Å². The Morgan fingerprint density at radius 3 is 2.88 bits per heavy atom. The van der Waals surface area contributed by atoms with Gasteiger partial charge < -0.3 is 4.90 Å². The van der Waals surface area contributed by atoms with Gasteiger partial charge in [-0.3, -0.25) is 9.69 Å². The summed E-state index contributed by atoms with van der Waals surface area (Å²) in [5, 5.41) is 0. The summed E-state index contributed by atoms with van der Waals surface area (Å²) in [5.74, 6) is -0.170. The lowest BCUT2D eigenvalue weighted by molar-refractivity contribution is -0.117. The minimum Gasteiger partial charge on any atom is -0.312 e. The van der Waals surface area contributed by atoms with Crippen molar-refractivity contribution in [1.82, 2.24) is 4.90 Å². The Kier molecular flexibility index (Phi) is 3.93. The number of amides is 1. The molecule has 2 aliphatic heterocycles. The second-order valence-corrected chi connectivity index (χ2v) is 8.48. The fourth-order valence-corrected chi connectivity index (χ4v) is 4.93. The number of carbonyl (C=O) groups excluding carboxylic acids is 1. The van der Waals surface area contributed by atoms with E-state index in [2.05, 4.69) is 24.0 Å². The smallest absolute Gasteiger partial charge is 0.227 e. The van der Waals surface area contributed by atoms with E-state index in [0.29, 0.717) is 18.7 Å². The maximum Gasteiger partial charge on any atom is 0.227 e. The highest BCUT2D eigenvalue weighted by Crippen LogP contribution is 2.42. The minimum absolute atomic E-state index is 0.0235. The Balaban J connectivity index is 1.46. The Morgan fingerprint density at radius 1 is 1.25 bits per heavy atom. The number of benzene rings is 1. The summed E-state index contributed by atoms with van der Waals surface area (Å²) in [5.41, 5.74) is 0.708. The topological polar surface area (TPSA) is 23.6 Å². The van der Waals surface area contributed by atoms with Gasteiger partial charge >= 0.3 is 0 Å². The largest absolute Gasteiger partial charge is 0.312 e. The first-order valence-corrected chi connectivity index (χ1v) is 9.18. The van der Waals surface area contributed by atoms with Crippen LogP contribution < -0.4 is 4.90 Å². The van der Waals surface area contributed by atoms with Gasteiger partial charge in [0.1, 0.15) is 5.82 Å². The first-order valence-electron chi connectivity index (χ1n) is 8.37. The summed E-state index contributed by atoms with van der Waals surface area (Å²) < 4.78 is 13.5. The van der Waals surface area contributed by atoms with Gasteiger partial charge in [-0.25, -0.2) is 4.39 Å². The quantitative estimate of drug-likeness (QED) is 0.845. The lowest BCUT2D eigenvalue weighted by Crippen LogP contribution is -2.31. The van der Waals surface area contributed by atoms with Gasteiger partial charge in [0, 0.05) is 46.9 Å². The molecule has 0 aliphatic carbocycles. The molecule has 2 saturated heterocycles. The molecule has 5 heteroatoms. The zero-order chi connectivity index (χ0) is 16.7. The summed E-state index contributed by atoms with van der Waals surface area (Å²) >= 11 is 1.84. The summed E-state index contributed by atoms with van der Waals surface area (Å²) in [4.78, 5) is 19.4. The van der Waals surface area contributed by atoms with Crippen molar-refractivity contribution in [2.75, 3.05) is 24.5 Å². The first kappa shape index (κ1) is 15.8. The summed E-state index contributed by atoms with van der Waals surface area (Å²) in [6.45, 7) is 5.78. The van der Waals surface area contributed by atoms with E-state index >= 15 is 0 Å². The van der Waals surface area contributed by atoms with Crippen LogP contribution in [0.1, 0.15) is 22.6 Å². The maximum absolute atomic E-state index is 13.5. The fraction of sp³-hybridized carbons (Fsp3) is 0.421. The average Bonchev–Trinajstić information content (AvgIpc) is 3.21. The van der Waals surface area contributed by atoms with Crippen LogP contribution in [0.15, 0.2) is 36.4 Å². The second-order valence-electron chi connectivity index (χ2n) is 7.11. The molecule has 0 bridgehead atoms.